The largest absolute Gasteiger partial charge is 0.369 e. The molecule has 0 saturated carbocycles. The summed E-state index contributed by atoms with van der Waals surface area (Å²) >= 11 is 0. The summed E-state index contributed by atoms with van der Waals surface area (Å²) in [6.45, 7) is 6.51. The number of hydrogen-bond acceptors (Lipinski definition) is 4. The van der Waals surface area contributed by atoms with Crippen LogP contribution in [0.5, 0.6) is 0 Å². The van der Waals surface area contributed by atoms with E-state index in [1.807, 2.05) is 20.8 Å². The van der Waals surface area contributed by atoms with Crippen molar-refractivity contribution in [3.05, 3.63) is 18.3 Å². The van der Waals surface area contributed by atoms with Gasteiger partial charge in [0.05, 0.1) is 0 Å². The second-order valence-electron chi connectivity index (χ2n) is 4.54. The van der Waals surface area contributed by atoms with E-state index in [1.165, 1.54) is 4.31 Å². The van der Waals surface area contributed by atoms with Crippen molar-refractivity contribution < 1.29 is 8.42 Å². The zero-order valence-electron chi connectivity index (χ0n) is 12.0. The third-order valence-corrected chi connectivity index (χ3v) is 5.10. The lowest BCUT2D eigenvalue weighted by atomic mass is 10.2. The van der Waals surface area contributed by atoms with Crippen LogP contribution in [0.3, 0.4) is 0 Å². The number of nitrogens with one attached hydrogen (secondary N) is 1. The van der Waals surface area contributed by atoms with Crippen LogP contribution in [0, 0.1) is 0 Å². The monoisotopic (exact) mass is 285 g/mol. The molecule has 1 aromatic heterocycles. The molecule has 1 N–H and O–H groups in total. The van der Waals surface area contributed by atoms with Crippen LogP contribution >= 0.6 is 0 Å². The maximum absolute atomic E-state index is 12.6. The zero-order chi connectivity index (χ0) is 14.5. The number of hydrogen-bond donors (Lipinski definition) is 1. The molecular formula is C13H23N3O2S. The first kappa shape index (κ1) is 15.9. The Kier molecular flexibility index (Phi) is 5.75. The fourth-order valence-corrected chi connectivity index (χ4v) is 3.40. The number of pyridine rings is 1. The van der Waals surface area contributed by atoms with Gasteiger partial charge in [-0.2, -0.15) is 4.31 Å². The second-order valence-corrected chi connectivity index (χ2v) is 6.51. The third kappa shape index (κ3) is 3.67. The molecule has 0 aliphatic heterocycles. The molecule has 1 aromatic rings. The average molecular weight is 285 g/mol. The Bertz CT molecular complexity index is 502. The molecule has 5 nitrogen and oxygen atoms in total. The first-order chi connectivity index (χ1) is 8.95. The van der Waals surface area contributed by atoms with Gasteiger partial charge in [-0.25, -0.2) is 13.4 Å². The lowest BCUT2D eigenvalue weighted by Crippen LogP contribution is -2.35. The molecule has 0 aliphatic carbocycles. The molecule has 0 spiro atoms. The number of rotatable bonds is 7. The van der Waals surface area contributed by atoms with Crippen molar-refractivity contribution in [3.63, 3.8) is 0 Å². The summed E-state index contributed by atoms with van der Waals surface area (Å²) in [5.74, 6) is 0.417. The first-order valence-electron chi connectivity index (χ1n) is 6.62. The van der Waals surface area contributed by atoms with Crippen LogP contribution < -0.4 is 5.32 Å². The summed E-state index contributed by atoms with van der Waals surface area (Å²) in [5, 5.41) is 2.99. The quantitative estimate of drug-likeness (QED) is 0.835. The van der Waals surface area contributed by atoms with Crippen LogP contribution in [0.15, 0.2) is 23.2 Å². The molecule has 108 valence electrons. The molecule has 0 saturated heterocycles. The SMILES string of the molecule is CCCC(C)N(C)S(=O)(=O)c1cccnc1NCC. The summed E-state index contributed by atoms with van der Waals surface area (Å²) in [6.07, 6.45) is 3.38. The van der Waals surface area contributed by atoms with Crippen molar-refractivity contribution in [2.45, 2.75) is 44.6 Å². The fraction of sp³-hybridized carbons (Fsp3) is 0.615. The molecule has 0 amide bonds. The molecule has 1 unspecified atom stereocenters. The highest BCUT2D eigenvalue weighted by Crippen LogP contribution is 2.23. The van der Waals surface area contributed by atoms with Gasteiger partial charge in [0.2, 0.25) is 10.0 Å². The minimum absolute atomic E-state index is 0.0234. The highest BCUT2D eigenvalue weighted by molar-refractivity contribution is 7.89. The molecule has 0 bridgehead atoms. The number of sulfonamides is 1. The zero-order valence-corrected chi connectivity index (χ0v) is 12.9. The molecule has 1 heterocycles. The molecule has 6 heteroatoms. The topological polar surface area (TPSA) is 62.3 Å². The van der Waals surface area contributed by atoms with E-state index in [9.17, 15) is 8.42 Å². The Morgan fingerprint density at radius 1 is 1.42 bits per heavy atom. The fourth-order valence-electron chi connectivity index (χ4n) is 1.89. The van der Waals surface area contributed by atoms with Crippen molar-refractivity contribution in [1.29, 1.82) is 0 Å². The number of nitrogens with zero attached hydrogens (tertiary/aromatic N) is 2. The van der Waals surface area contributed by atoms with Gasteiger partial charge in [-0.3, -0.25) is 0 Å². The van der Waals surface area contributed by atoms with Crippen LogP contribution in [0.2, 0.25) is 0 Å². The first-order valence-corrected chi connectivity index (χ1v) is 8.06. The van der Waals surface area contributed by atoms with Crippen molar-refractivity contribution in [3.8, 4) is 0 Å². The average Bonchev–Trinajstić information content (AvgIpc) is 2.39. The van der Waals surface area contributed by atoms with Gasteiger partial charge in [0.15, 0.2) is 0 Å². The molecule has 0 aliphatic rings. The molecule has 19 heavy (non-hydrogen) atoms. The predicted molar refractivity (Wildman–Crippen MR) is 77.7 cm³/mol. The molecule has 0 aromatic carbocycles. The van der Waals surface area contributed by atoms with Crippen LogP contribution in [-0.2, 0) is 10.0 Å². The second kappa shape index (κ2) is 6.86. The van der Waals surface area contributed by atoms with E-state index in [-0.39, 0.29) is 10.9 Å². The van der Waals surface area contributed by atoms with Crippen LogP contribution in [-0.4, -0.2) is 37.3 Å². The van der Waals surface area contributed by atoms with Gasteiger partial charge in [-0.05, 0) is 32.4 Å². The van der Waals surface area contributed by atoms with E-state index in [4.69, 9.17) is 0 Å². The molecule has 1 atom stereocenters. The third-order valence-electron chi connectivity index (χ3n) is 3.10. The van der Waals surface area contributed by atoms with Gasteiger partial charge in [-0.15, -0.1) is 0 Å². The van der Waals surface area contributed by atoms with Gasteiger partial charge < -0.3 is 5.32 Å². The number of anilines is 1. The lowest BCUT2D eigenvalue weighted by molar-refractivity contribution is 0.369. The minimum Gasteiger partial charge on any atom is -0.369 e. The highest BCUT2D eigenvalue weighted by Gasteiger charge is 2.27. The maximum Gasteiger partial charge on any atom is 0.246 e. The summed E-state index contributed by atoms with van der Waals surface area (Å²) in [5.41, 5.74) is 0. The summed E-state index contributed by atoms with van der Waals surface area (Å²) in [7, 11) is -1.88. The molecular weight excluding hydrogens is 262 g/mol. The highest BCUT2D eigenvalue weighted by atomic mass is 32.2. The Balaban J connectivity index is 3.12. The maximum atomic E-state index is 12.6. The number of aromatic nitrogens is 1. The van der Waals surface area contributed by atoms with Crippen LogP contribution in [0.1, 0.15) is 33.6 Å². The van der Waals surface area contributed by atoms with Gasteiger partial charge >= 0.3 is 0 Å². The van der Waals surface area contributed by atoms with Gasteiger partial charge in [-0.1, -0.05) is 13.3 Å². The van der Waals surface area contributed by atoms with Gasteiger partial charge in [0, 0.05) is 25.8 Å². The van der Waals surface area contributed by atoms with Gasteiger partial charge in [0.25, 0.3) is 0 Å². The van der Waals surface area contributed by atoms with Crippen LogP contribution in [0.25, 0.3) is 0 Å². The van der Waals surface area contributed by atoms with E-state index >= 15 is 0 Å². The summed E-state index contributed by atoms with van der Waals surface area (Å²) in [4.78, 5) is 4.34. The van der Waals surface area contributed by atoms with E-state index < -0.39 is 10.0 Å². The Morgan fingerprint density at radius 3 is 2.68 bits per heavy atom. The Morgan fingerprint density at radius 2 is 2.11 bits per heavy atom. The van der Waals surface area contributed by atoms with Crippen molar-refractivity contribution in [2.24, 2.45) is 0 Å². The normalized spacial score (nSPS) is 13.5. The Hall–Kier alpha value is -1.14. The van der Waals surface area contributed by atoms with Crippen molar-refractivity contribution >= 4 is 15.8 Å². The van der Waals surface area contributed by atoms with Crippen molar-refractivity contribution in [1.82, 2.24) is 9.29 Å². The summed E-state index contributed by atoms with van der Waals surface area (Å²) < 4.78 is 26.6. The van der Waals surface area contributed by atoms with E-state index in [2.05, 4.69) is 10.3 Å². The summed E-state index contributed by atoms with van der Waals surface area (Å²) in [6, 6.07) is 3.21. The molecule has 0 radical (unpaired) electrons. The standard InChI is InChI=1S/C13H23N3O2S/c1-5-8-11(3)16(4)19(17,18)12-9-7-10-15-13(12)14-6-2/h7,9-11H,5-6,8H2,1-4H3,(H,14,15). The van der Waals surface area contributed by atoms with Crippen LogP contribution in [0.4, 0.5) is 5.82 Å². The van der Waals surface area contributed by atoms with Crippen molar-refractivity contribution in [2.75, 3.05) is 18.9 Å². The van der Waals surface area contributed by atoms with E-state index in [0.29, 0.717) is 12.4 Å². The minimum atomic E-state index is -3.50. The van der Waals surface area contributed by atoms with E-state index in [1.54, 1.807) is 25.4 Å². The molecule has 0 fully saturated rings. The Labute approximate surface area is 116 Å². The molecule has 1 rings (SSSR count). The predicted octanol–water partition coefficient (Wildman–Crippen LogP) is 2.32. The van der Waals surface area contributed by atoms with E-state index in [0.717, 1.165) is 12.8 Å². The lowest BCUT2D eigenvalue weighted by Gasteiger charge is -2.24. The van der Waals surface area contributed by atoms with Gasteiger partial charge in [0.1, 0.15) is 10.7 Å². The smallest absolute Gasteiger partial charge is 0.246 e.